The molecule has 1 aliphatic rings. The summed E-state index contributed by atoms with van der Waals surface area (Å²) in [6.07, 6.45) is 7.11. The van der Waals surface area contributed by atoms with Crippen LogP contribution in [-0.2, 0) is 13.9 Å². The summed E-state index contributed by atoms with van der Waals surface area (Å²) in [5, 5.41) is 2.26. The first kappa shape index (κ1) is 32.1. The molecule has 0 amide bonds. The van der Waals surface area contributed by atoms with Crippen LogP contribution in [0.1, 0.15) is 40.3 Å². The first-order valence-corrected chi connectivity index (χ1v) is 19.0. The van der Waals surface area contributed by atoms with Crippen molar-refractivity contribution in [2.45, 2.75) is 50.8 Å². The Bertz CT molecular complexity index is 1570. The Morgan fingerprint density at radius 2 is 1.73 bits per heavy atom. The molecule has 0 aliphatic carbocycles. The second kappa shape index (κ2) is 13.8. The fourth-order valence-electron chi connectivity index (χ4n) is 5.53. The van der Waals surface area contributed by atoms with E-state index in [0.29, 0.717) is 29.2 Å². The number of rotatable bonds is 12. The lowest BCUT2D eigenvalue weighted by molar-refractivity contribution is 0.0676. The summed E-state index contributed by atoms with van der Waals surface area (Å²) < 4.78 is 22.3. The number of nitrogens with zero attached hydrogens (tertiary/aromatic N) is 6. The van der Waals surface area contributed by atoms with Crippen molar-refractivity contribution in [3.8, 4) is 0 Å². The van der Waals surface area contributed by atoms with Gasteiger partial charge >= 0.3 is 0 Å². The number of aliphatic imine (C=N–C) groups is 1. The monoisotopic (exact) mass is 648 g/mol. The highest BCUT2D eigenvalue weighted by molar-refractivity contribution is 8.76. The average molecular weight is 649 g/mol. The molecule has 4 aromatic rings. The van der Waals surface area contributed by atoms with E-state index in [1.54, 1.807) is 34.3 Å². The van der Waals surface area contributed by atoms with E-state index < -0.39 is 14.5 Å². The number of benzene rings is 2. The van der Waals surface area contributed by atoms with Crippen LogP contribution >= 0.6 is 21.6 Å². The molecule has 1 aliphatic heterocycles. The Morgan fingerprint density at radius 1 is 1.07 bits per heavy atom. The normalized spacial score (nSPS) is 16.5. The van der Waals surface area contributed by atoms with Gasteiger partial charge in [0.2, 0.25) is 0 Å². The van der Waals surface area contributed by atoms with Gasteiger partial charge in [0.1, 0.15) is 18.4 Å². The van der Waals surface area contributed by atoms with Crippen molar-refractivity contribution < 1.29 is 13.9 Å². The summed E-state index contributed by atoms with van der Waals surface area (Å²) in [6.45, 7) is 9.14. The van der Waals surface area contributed by atoms with Crippen molar-refractivity contribution in [1.29, 1.82) is 0 Å². The van der Waals surface area contributed by atoms with Gasteiger partial charge in [-0.1, -0.05) is 103 Å². The van der Waals surface area contributed by atoms with E-state index >= 15 is 0 Å². The molecule has 232 valence electrons. The zero-order valence-corrected chi connectivity index (χ0v) is 28.9. The smallest absolute Gasteiger partial charge is 0.261 e. The third kappa shape index (κ3) is 6.68. The van der Waals surface area contributed by atoms with Gasteiger partial charge in [0.15, 0.2) is 34.4 Å². The van der Waals surface area contributed by atoms with Crippen molar-refractivity contribution in [1.82, 2.24) is 24.4 Å². The van der Waals surface area contributed by atoms with E-state index in [1.165, 1.54) is 16.7 Å². The predicted octanol–water partition coefficient (Wildman–Crippen LogP) is 6.13. The molecule has 5 rings (SSSR count). The molecule has 12 heteroatoms. The molecule has 0 unspecified atom stereocenters. The summed E-state index contributed by atoms with van der Waals surface area (Å²) in [5.41, 5.74) is 1.19. The van der Waals surface area contributed by atoms with Crippen molar-refractivity contribution in [3.05, 3.63) is 84.8 Å². The molecule has 2 atom stereocenters. The number of hydrogen-bond donors (Lipinski definition) is 0. The highest BCUT2D eigenvalue weighted by Crippen LogP contribution is 2.41. The molecule has 9 nitrogen and oxygen atoms in total. The minimum Gasteiger partial charge on any atom is -0.480 e. The maximum Gasteiger partial charge on any atom is 0.261 e. The summed E-state index contributed by atoms with van der Waals surface area (Å²) in [6, 6.07) is 21.2. The second-order valence-electron chi connectivity index (χ2n) is 11.8. The summed E-state index contributed by atoms with van der Waals surface area (Å²) in [4.78, 5) is 19.8. The van der Waals surface area contributed by atoms with Gasteiger partial charge in [0, 0.05) is 14.1 Å². The Morgan fingerprint density at radius 3 is 2.32 bits per heavy atom. The van der Waals surface area contributed by atoms with Gasteiger partial charge in [-0.15, -0.1) is 0 Å². The van der Waals surface area contributed by atoms with Gasteiger partial charge in [-0.2, -0.15) is 0 Å². The van der Waals surface area contributed by atoms with Gasteiger partial charge in [0.05, 0.1) is 19.4 Å². The Balaban J connectivity index is 1.51. The lowest BCUT2D eigenvalue weighted by Gasteiger charge is -2.43. The molecule has 0 saturated carbocycles. The fraction of sp³-hybridized carbons (Fsp3) is 0.375. The van der Waals surface area contributed by atoms with Crippen LogP contribution in [0.4, 0.5) is 5.82 Å². The molecular formula is C32H40N6O3S2Si. The zero-order valence-electron chi connectivity index (χ0n) is 26.3. The Hall–Kier alpha value is -3.32. The van der Waals surface area contributed by atoms with Crippen LogP contribution in [0.15, 0.2) is 89.8 Å². The molecule has 44 heavy (non-hydrogen) atoms. The van der Waals surface area contributed by atoms with Crippen LogP contribution in [0.3, 0.4) is 0 Å². The van der Waals surface area contributed by atoms with Crippen molar-refractivity contribution in [2.24, 2.45) is 4.99 Å². The van der Waals surface area contributed by atoms with Gasteiger partial charge in [-0.3, -0.25) is 4.57 Å². The number of fused-ring (bicyclic) bond motifs is 1. The maximum atomic E-state index is 7.24. The second-order valence-corrected chi connectivity index (χ2v) is 18.8. The summed E-state index contributed by atoms with van der Waals surface area (Å²) >= 11 is 0. The van der Waals surface area contributed by atoms with E-state index in [1.807, 2.05) is 29.8 Å². The predicted molar refractivity (Wildman–Crippen MR) is 184 cm³/mol. The third-order valence-electron chi connectivity index (χ3n) is 7.39. The van der Waals surface area contributed by atoms with Crippen LogP contribution in [0, 0.1) is 0 Å². The van der Waals surface area contributed by atoms with E-state index in [9.17, 15) is 0 Å². The Kier molecular flexibility index (Phi) is 10.0. The summed E-state index contributed by atoms with van der Waals surface area (Å²) in [5.74, 6) is 1.98. The molecule has 0 bridgehead atoms. The Labute approximate surface area is 268 Å². The van der Waals surface area contributed by atoms with Crippen LogP contribution in [0.2, 0.25) is 5.04 Å². The maximum absolute atomic E-state index is 7.24. The molecule has 0 N–H and O–H groups in total. The molecule has 0 spiro atoms. The molecular weight excluding hydrogens is 609 g/mol. The average Bonchev–Trinajstić information content (AvgIpc) is 3.61. The minimum atomic E-state index is -2.80. The lowest BCUT2D eigenvalue weighted by Crippen LogP contribution is -2.66. The van der Waals surface area contributed by atoms with Gasteiger partial charge < -0.3 is 18.8 Å². The van der Waals surface area contributed by atoms with E-state index in [2.05, 4.69) is 108 Å². The third-order valence-corrected chi connectivity index (χ3v) is 14.3. The van der Waals surface area contributed by atoms with Crippen LogP contribution in [-0.4, -0.2) is 71.5 Å². The quantitative estimate of drug-likeness (QED) is 0.0592. The number of hydrogen-bond acceptors (Lipinski definition) is 9. The van der Waals surface area contributed by atoms with E-state index in [-0.39, 0.29) is 17.1 Å². The van der Waals surface area contributed by atoms with Crippen LogP contribution in [0.5, 0.6) is 0 Å². The number of aromatic nitrogens is 4. The highest BCUT2D eigenvalue weighted by Gasteiger charge is 2.50. The number of ether oxygens (including phenoxy) is 2. The zero-order chi connectivity index (χ0) is 31.3. The van der Waals surface area contributed by atoms with Crippen LogP contribution in [0.25, 0.3) is 11.2 Å². The van der Waals surface area contributed by atoms with Crippen LogP contribution < -0.4 is 10.4 Å². The van der Waals surface area contributed by atoms with Crippen molar-refractivity contribution in [2.75, 3.05) is 27.0 Å². The molecule has 2 aromatic carbocycles. The molecule has 0 saturated heterocycles. The highest BCUT2D eigenvalue weighted by atomic mass is 33.1. The summed E-state index contributed by atoms with van der Waals surface area (Å²) in [7, 11) is 4.36. The standard InChI is InChI=1S/C32H40N6O3S2Si/c1-23(43-42-7)40-26-18-28(38-22-35-29-30(36-21-37(5)6)33-20-34-31(29)38)41-27(26)19-39-44(32(2,3)4,24-14-10-8-11-15-24)25-16-12-9-13-17-25/h8-17,20-23,28H,18-19H2,1-7H3/b36-21+/t23-,28-/m1/s1. The molecule has 2 aromatic heterocycles. The van der Waals surface area contributed by atoms with E-state index in [4.69, 9.17) is 13.9 Å². The molecule has 3 heterocycles. The first-order valence-electron chi connectivity index (χ1n) is 14.5. The lowest BCUT2D eigenvalue weighted by atomic mass is 10.2. The SMILES string of the molecule is CSS[C@H](C)OC1=C(CO[Si](c2ccccc2)(c2ccccc2)C(C)(C)C)O[C@@H](n2cnc3c(/N=C/N(C)C)ncnc32)C1. The van der Waals surface area contributed by atoms with Gasteiger partial charge in [-0.05, 0) is 28.6 Å². The number of imidazole rings is 1. The fourth-order valence-corrected chi connectivity index (χ4v) is 11.4. The van der Waals surface area contributed by atoms with Crippen molar-refractivity contribution in [3.63, 3.8) is 0 Å². The van der Waals surface area contributed by atoms with Gasteiger partial charge in [0.25, 0.3) is 8.32 Å². The molecule has 0 radical (unpaired) electrons. The topological polar surface area (TPSA) is 86.9 Å². The largest absolute Gasteiger partial charge is 0.480 e. The van der Waals surface area contributed by atoms with Crippen molar-refractivity contribution >= 4 is 63.6 Å². The first-order chi connectivity index (χ1) is 21.1. The molecule has 0 fully saturated rings. The minimum absolute atomic E-state index is 0.0703. The van der Waals surface area contributed by atoms with Gasteiger partial charge in [-0.25, -0.2) is 19.9 Å². The van der Waals surface area contributed by atoms with E-state index in [0.717, 1.165) is 5.76 Å².